The lowest BCUT2D eigenvalue weighted by molar-refractivity contribution is -0.116. The van der Waals surface area contributed by atoms with E-state index in [9.17, 15) is 18.0 Å². The predicted molar refractivity (Wildman–Crippen MR) is 127 cm³/mol. The number of carbonyl (C=O) groups excluding carboxylic acids is 2. The van der Waals surface area contributed by atoms with E-state index in [0.29, 0.717) is 17.1 Å². The first-order valence-corrected chi connectivity index (χ1v) is 11.7. The second-order valence-corrected chi connectivity index (χ2v) is 9.00. The zero-order valence-electron chi connectivity index (χ0n) is 18.3. The van der Waals surface area contributed by atoms with Gasteiger partial charge in [0.15, 0.2) is 0 Å². The number of ether oxygens (including phenoxy) is 1. The van der Waals surface area contributed by atoms with Crippen molar-refractivity contribution >= 4 is 33.2 Å². The number of aryl methyl sites for hydroxylation is 1. The first kappa shape index (κ1) is 24.0. The fourth-order valence-electron chi connectivity index (χ4n) is 2.98. The number of methoxy groups -OCH3 is 1. The Morgan fingerprint density at radius 1 is 0.879 bits per heavy atom. The van der Waals surface area contributed by atoms with Gasteiger partial charge in [0.25, 0.3) is 5.91 Å². The van der Waals surface area contributed by atoms with E-state index in [1.807, 2.05) is 6.92 Å². The lowest BCUT2D eigenvalue weighted by Gasteiger charge is -2.12. The van der Waals surface area contributed by atoms with Gasteiger partial charge >= 0.3 is 0 Å². The molecule has 0 spiro atoms. The summed E-state index contributed by atoms with van der Waals surface area (Å²) in [7, 11) is -2.15. The molecule has 0 unspecified atom stereocenters. The number of nitrogens with one attached hydrogen (secondary N) is 3. The van der Waals surface area contributed by atoms with Gasteiger partial charge < -0.3 is 15.4 Å². The van der Waals surface area contributed by atoms with Gasteiger partial charge in [-0.05, 0) is 55.5 Å². The van der Waals surface area contributed by atoms with Crippen LogP contribution in [0.25, 0.3) is 0 Å². The third-order valence-electron chi connectivity index (χ3n) is 4.77. The molecule has 33 heavy (non-hydrogen) atoms. The molecule has 0 aromatic heterocycles. The van der Waals surface area contributed by atoms with Gasteiger partial charge in [-0.3, -0.25) is 9.59 Å². The van der Waals surface area contributed by atoms with E-state index in [0.717, 1.165) is 5.56 Å². The van der Waals surface area contributed by atoms with E-state index < -0.39 is 21.8 Å². The molecule has 0 fully saturated rings. The molecule has 3 rings (SSSR count). The van der Waals surface area contributed by atoms with Crippen LogP contribution >= 0.6 is 0 Å². The van der Waals surface area contributed by atoms with E-state index in [1.165, 1.54) is 12.1 Å². The molecule has 0 radical (unpaired) electrons. The van der Waals surface area contributed by atoms with Crippen LogP contribution in [-0.4, -0.2) is 33.9 Å². The van der Waals surface area contributed by atoms with Crippen LogP contribution in [0.1, 0.15) is 22.3 Å². The Balaban J connectivity index is 1.58. The molecule has 8 nitrogen and oxygen atoms in total. The second-order valence-electron chi connectivity index (χ2n) is 7.24. The van der Waals surface area contributed by atoms with E-state index in [1.54, 1.807) is 67.8 Å². The van der Waals surface area contributed by atoms with Crippen LogP contribution < -0.4 is 20.1 Å². The van der Waals surface area contributed by atoms with Crippen LogP contribution in [0, 0.1) is 6.92 Å². The first-order chi connectivity index (χ1) is 15.8. The number of benzene rings is 3. The molecule has 9 heteroatoms. The van der Waals surface area contributed by atoms with Crippen molar-refractivity contribution in [2.75, 3.05) is 24.3 Å². The smallest absolute Gasteiger partial charge is 0.257 e. The minimum Gasteiger partial charge on any atom is -0.497 e. The van der Waals surface area contributed by atoms with Crippen LogP contribution in [0.5, 0.6) is 5.75 Å². The van der Waals surface area contributed by atoms with Crippen molar-refractivity contribution in [2.24, 2.45) is 0 Å². The van der Waals surface area contributed by atoms with E-state index in [4.69, 9.17) is 4.74 Å². The number of hydrogen-bond acceptors (Lipinski definition) is 5. The first-order valence-electron chi connectivity index (χ1n) is 10.2. The van der Waals surface area contributed by atoms with Gasteiger partial charge in [-0.2, -0.15) is 0 Å². The van der Waals surface area contributed by atoms with Crippen LogP contribution in [0.3, 0.4) is 0 Å². The highest BCUT2D eigenvalue weighted by molar-refractivity contribution is 7.89. The normalized spacial score (nSPS) is 11.0. The summed E-state index contributed by atoms with van der Waals surface area (Å²) in [5.74, 6) is -0.152. The molecule has 172 valence electrons. The molecule has 0 aliphatic rings. The van der Waals surface area contributed by atoms with Crippen LogP contribution in [-0.2, 0) is 14.8 Å². The number of sulfonamides is 1. The molecule has 3 aromatic rings. The Bertz CT molecular complexity index is 1220. The van der Waals surface area contributed by atoms with Gasteiger partial charge in [0, 0.05) is 18.7 Å². The highest BCUT2D eigenvalue weighted by Crippen LogP contribution is 2.20. The molecule has 0 aliphatic carbocycles. The molecule has 3 aromatic carbocycles. The minimum absolute atomic E-state index is 0.0811. The second kappa shape index (κ2) is 10.8. The third-order valence-corrected chi connectivity index (χ3v) is 6.25. The Morgan fingerprint density at radius 3 is 2.21 bits per heavy atom. The monoisotopic (exact) mass is 467 g/mol. The molecule has 0 saturated heterocycles. The summed E-state index contributed by atoms with van der Waals surface area (Å²) >= 11 is 0. The topological polar surface area (TPSA) is 114 Å². The standard InChI is InChI=1S/C24H25N3O5S/c1-17-7-13-20(14-8-17)33(30,31)25-16-15-23(28)27-22-6-4-3-5-21(22)24(29)26-18-9-11-19(32-2)12-10-18/h3-14,25H,15-16H2,1-2H3,(H,26,29)(H,27,28). The van der Waals surface area contributed by atoms with E-state index in [2.05, 4.69) is 15.4 Å². The Labute approximate surface area is 193 Å². The average Bonchev–Trinajstić information content (AvgIpc) is 2.80. The molecule has 2 amide bonds. The van der Waals surface area contributed by atoms with Crippen molar-refractivity contribution < 1.29 is 22.7 Å². The molecule has 0 heterocycles. The average molecular weight is 468 g/mol. The van der Waals surface area contributed by atoms with Gasteiger partial charge in [-0.25, -0.2) is 13.1 Å². The summed E-state index contributed by atoms with van der Waals surface area (Å²) in [6, 6.07) is 19.9. The van der Waals surface area contributed by atoms with Crippen molar-refractivity contribution in [2.45, 2.75) is 18.2 Å². The number of carbonyl (C=O) groups is 2. The van der Waals surface area contributed by atoms with Crippen LogP contribution in [0.4, 0.5) is 11.4 Å². The van der Waals surface area contributed by atoms with E-state index in [-0.39, 0.29) is 23.4 Å². The van der Waals surface area contributed by atoms with E-state index >= 15 is 0 Å². The van der Waals surface area contributed by atoms with Crippen molar-refractivity contribution in [3.8, 4) is 5.75 Å². The summed E-state index contributed by atoms with van der Waals surface area (Å²) < 4.78 is 32.2. The highest BCUT2D eigenvalue weighted by atomic mass is 32.2. The lowest BCUT2D eigenvalue weighted by Crippen LogP contribution is -2.28. The fourth-order valence-corrected chi connectivity index (χ4v) is 4.01. The predicted octanol–water partition coefficient (Wildman–Crippen LogP) is 3.56. The zero-order chi connectivity index (χ0) is 23.8. The van der Waals surface area contributed by atoms with Crippen molar-refractivity contribution in [1.29, 1.82) is 0 Å². The van der Waals surface area contributed by atoms with Gasteiger partial charge in [0.2, 0.25) is 15.9 Å². The molecule has 0 saturated carbocycles. The number of anilines is 2. The van der Waals surface area contributed by atoms with Crippen molar-refractivity contribution in [1.82, 2.24) is 4.72 Å². The Morgan fingerprint density at radius 2 is 1.55 bits per heavy atom. The minimum atomic E-state index is -3.71. The van der Waals surface area contributed by atoms with Gasteiger partial charge in [0.1, 0.15) is 5.75 Å². The largest absolute Gasteiger partial charge is 0.497 e. The van der Waals surface area contributed by atoms with Crippen molar-refractivity contribution in [3.63, 3.8) is 0 Å². The van der Waals surface area contributed by atoms with Gasteiger partial charge in [-0.1, -0.05) is 29.8 Å². The number of hydrogen-bond donors (Lipinski definition) is 3. The quantitative estimate of drug-likeness (QED) is 0.445. The number of para-hydroxylation sites is 1. The molecular formula is C24H25N3O5S. The van der Waals surface area contributed by atoms with Crippen molar-refractivity contribution in [3.05, 3.63) is 83.9 Å². The maximum absolute atomic E-state index is 12.7. The van der Waals surface area contributed by atoms with Crippen LogP contribution in [0.2, 0.25) is 0 Å². The highest BCUT2D eigenvalue weighted by Gasteiger charge is 2.16. The molecule has 0 aliphatic heterocycles. The molecule has 0 bridgehead atoms. The third kappa shape index (κ3) is 6.64. The summed E-state index contributed by atoms with van der Waals surface area (Å²) in [6.45, 7) is 1.78. The maximum atomic E-state index is 12.7. The zero-order valence-corrected chi connectivity index (χ0v) is 19.1. The number of rotatable bonds is 9. The summed E-state index contributed by atoms with van der Waals surface area (Å²) in [5.41, 5.74) is 2.13. The summed E-state index contributed by atoms with van der Waals surface area (Å²) in [6.07, 6.45) is -0.0977. The number of amides is 2. The molecule has 3 N–H and O–H groups in total. The SMILES string of the molecule is COc1ccc(NC(=O)c2ccccc2NC(=O)CCNS(=O)(=O)c2ccc(C)cc2)cc1. The van der Waals surface area contributed by atoms with Gasteiger partial charge in [0.05, 0.1) is 23.3 Å². The maximum Gasteiger partial charge on any atom is 0.257 e. The Hall–Kier alpha value is -3.69. The molecular weight excluding hydrogens is 442 g/mol. The lowest BCUT2D eigenvalue weighted by atomic mass is 10.1. The summed E-state index contributed by atoms with van der Waals surface area (Å²) in [4.78, 5) is 25.2. The summed E-state index contributed by atoms with van der Waals surface area (Å²) in [5, 5.41) is 5.45. The van der Waals surface area contributed by atoms with Crippen LogP contribution in [0.15, 0.2) is 77.7 Å². The Kier molecular flexibility index (Phi) is 7.81. The van der Waals surface area contributed by atoms with Gasteiger partial charge in [-0.15, -0.1) is 0 Å². The molecule has 0 atom stereocenters. The fraction of sp³-hybridized carbons (Fsp3) is 0.167.